The van der Waals surface area contributed by atoms with Crippen molar-refractivity contribution in [2.24, 2.45) is 0 Å². The van der Waals surface area contributed by atoms with Crippen LogP contribution in [0, 0.1) is 10.1 Å². The lowest BCUT2D eigenvalue weighted by Gasteiger charge is -1.97. The Balaban J connectivity index is 2.29. The molecular weight excluding hydrogens is 258 g/mol. The van der Waals surface area contributed by atoms with Gasteiger partial charge in [-0.05, 0) is 18.2 Å². The van der Waals surface area contributed by atoms with Gasteiger partial charge in [0.05, 0.1) is 10.6 Å². The van der Waals surface area contributed by atoms with Crippen molar-refractivity contribution in [2.45, 2.75) is 0 Å². The van der Waals surface area contributed by atoms with Crippen molar-refractivity contribution in [3.8, 4) is 11.3 Å². The molecule has 2 aromatic heterocycles. The number of rotatable bonds is 3. The summed E-state index contributed by atoms with van der Waals surface area (Å²) in [7, 11) is 0. The maximum absolute atomic E-state index is 11.3. The topological polar surface area (TPSA) is 88.9 Å². The van der Waals surface area contributed by atoms with E-state index in [1.807, 2.05) is 6.07 Å². The fourth-order valence-corrected chi connectivity index (χ4v) is 2.18. The van der Waals surface area contributed by atoms with Crippen LogP contribution in [0.2, 0.25) is 0 Å². The Morgan fingerprint density at radius 2 is 2.15 bits per heavy atom. The molecule has 6 heteroatoms. The second-order valence-corrected chi connectivity index (χ2v) is 4.26. The molecule has 0 fully saturated rings. The van der Waals surface area contributed by atoms with Gasteiger partial charge in [-0.15, -0.1) is 0 Å². The molecule has 0 aliphatic heterocycles. The summed E-state index contributed by atoms with van der Waals surface area (Å²) >= 11 is 0. The van der Waals surface area contributed by atoms with Gasteiger partial charge in [0.15, 0.2) is 6.29 Å². The minimum absolute atomic E-state index is 0.0441. The van der Waals surface area contributed by atoms with Crippen LogP contribution in [0.5, 0.6) is 0 Å². The number of hydrogen-bond donors (Lipinski definition) is 1. The quantitative estimate of drug-likeness (QED) is 0.449. The first-order valence-electron chi connectivity index (χ1n) is 5.86. The number of aromatic amines is 1. The summed E-state index contributed by atoms with van der Waals surface area (Å²) in [6, 6.07) is 7.98. The number of aldehydes is 1. The summed E-state index contributed by atoms with van der Waals surface area (Å²) < 4.78 is 0. The van der Waals surface area contributed by atoms with Gasteiger partial charge in [-0.25, -0.2) is 0 Å². The van der Waals surface area contributed by atoms with Crippen LogP contribution in [-0.2, 0) is 0 Å². The van der Waals surface area contributed by atoms with Crippen molar-refractivity contribution in [1.82, 2.24) is 9.97 Å². The highest BCUT2D eigenvalue weighted by molar-refractivity contribution is 6.04. The highest BCUT2D eigenvalue weighted by Crippen LogP contribution is 2.30. The molecule has 1 aromatic carbocycles. The maximum Gasteiger partial charge on any atom is 0.270 e. The van der Waals surface area contributed by atoms with E-state index in [2.05, 4.69) is 9.97 Å². The van der Waals surface area contributed by atoms with Gasteiger partial charge < -0.3 is 4.98 Å². The molecule has 0 unspecified atom stereocenters. The lowest BCUT2D eigenvalue weighted by Crippen LogP contribution is -1.87. The largest absolute Gasteiger partial charge is 0.354 e. The molecule has 0 radical (unpaired) electrons. The smallest absolute Gasteiger partial charge is 0.270 e. The van der Waals surface area contributed by atoms with Crippen LogP contribution in [0.25, 0.3) is 22.2 Å². The molecule has 0 bridgehead atoms. The number of nitrogens with one attached hydrogen (secondary N) is 1. The van der Waals surface area contributed by atoms with Gasteiger partial charge in [-0.3, -0.25) is 19.9 Å². The van der Waals surface area contributed by atoms with E-state index in [9.17, 15) is 14.9 Å². The number of nitrogens with zero attached hydrogens (tertiary/aromatic N) is 2. The van der Waals surface area contributed by atoms with Crippen LogP contribution in [-0.4, -0.2) is 21.2 Å². The van der Waals surface area contributed by atoms with Crippen LogP contribution in [0.3, 0.4) is 0 Å². The molecule has 98 valence electrons. The fourth-order valence-electron chi connectivity index (χ4n) is 2.18. The minimum atomic E-state index is -0.481. The van der Waals surface area contributed by atoms with Crippen LogP contribution >= 0.6 is 0 Å². The Morgan fingerprint density at radius 3 is 2.80 bits per heavy atom. The average Bonchev–Trinajstić information content (AvgIpc) is 2.85. The number of benzene rings is 1. The summed E-state index contributed by atoms with van der Waals surface area (Å²) in [5.74, 6) is 0. The summed E-state index contributed by atoms with van der Waals surface area (Å²) in [6.45, 7) is 0. The number of nitro groups is 1. The van der Waals surface area contributed by atoms with Crippen molar-refractivity contribution < 1.29 is 9.72 Å². The van der Waals surface area contributed by atoms with E-state index >= 15 is 0 Å². The van der Waals surface area contributed by atoms with Crippen LogP contribution in [0.4, 0.5) is 5.69 Å². The van der Waals surface area contributed by atoms with Crippen molar-refractivity contribution in [3.05, 3.63) is 58.4 Å². The van der Waals surface area contributed by atoms with E-state index in [4.69, 9.17) is 0 Å². The molecule has 0 amide bonds. The summed E-state index contributed by atoms with van der Waals surface area (Å²) in [5.41, 5.74) is 2.41. The first-order valence-corrected chi connectivity index (χ1v) is 5.86. The molecule has 0 saturated heterocycles. The monoisotopic (exact) mass is 267 g/mol. The molecule has 0 atom stereocenters. The van der Waals surface area contributed by atoms with Gasteiger partial charge in [0, 0.05) is 46.6 Å². The molecule has 1 N–H and O–H groups in total. The standard InChI is InChI=1S/C14H9N3O3/c18-8-12-11-6-10(17(19)20)3-4-13(11)16-14(12)9-2-1-5-15-7-9/h1-8,16H. The summed E-state index contributed by atoms with van der Waals surface area (Å²) in [6.07, 6.45) is 3.97. The lowest BCUT2D eigenvalue weighted by atomic mass is 10.1. The highest BCUT2D eigenvalue weighted by Gasteiger charge is 2.15. The third-order valence-corrected chi connectivity index (χ3v) is 3.10. The number of carbonyl (C=O) groups excluding carboxylic acids is 1. The molecule has 6 nitrogen and oxygen atoms in total. The van der Waals surface area contributed by atoms with Crippen molar-refractivity contribution in [3.63, 3.8) is 0 Å². The van der Waals surface area contributed by atoms with Crippen molar-refractivity contribution in [1.29, 1.82) is 0 Å². The number of aromatic nitrogens is 2. The molecule has 2 heterocycles. The normalized spacial score (nSPS) is 10.6. The Morgan fingerprint density at radius 1 is 1.30 bits per heavy atom. The first-order chi connectivity index (χ1) is 9.70. The summed E-state index contributed by atoms with van der Waals surface area (Å²) in [5, 5.41) is 11.4. The van der Waals surface area contributed by atoms with E-state index in [0.29, 0.717) is 28.4 Å². The Kier molecular flexibility index (Phi) is 2.76. The number of H-pyrrole nitrogens is 1. The van der Waals surface area contributed by atoms with Gasteiger partial charge in [-0.2, -0.15) is 0 Å². The van der Waals surface area contributed by atoms with E-state index in [1.54, 1.807) is 24.5 Å². The van der Waals surface area contributed by atoms with Crippen molar-refractivity contribution in [2.75, 3.05) is 0 Å². The van der Waals surface area contributed by atoms with Gasteiger partial charge in [0.2, 0.25) is 0 Å². The molecule has 0 aliphatic carbocycles. The van der Waals surface area contributed by atoms with Crippen molar-refractivity contribution >= 4 is 22.9 Å². The van der Waals surface area contributed by atoms with Crippen LogP contribution < -0.4 is 0 Å². The third-order valence-electron chi connectivity index (χ3n) is 3.10. The summed E-state index contributed by atoms with van der Waals surface area (Å²) in [4.78, 5) is 28.8. The third kappa shape index (κ3) is 1.83. The molecule has 0 saturated carbocycles. The van der Waals surface area contributed by atoms with Gasteiger partial charge in [-0.1, -0.05) is 0 Å². The van der Waals surface area contributed by atoms with Gasteiger partial charge >= 0.3 is 0 Å². The molecule has 3 rings (SSSR count). The minimum Gasteiger partial charge on any atom is -0.354 e. The zero-order valence-electron chi connectivity index (χ0n) is 10.2. The Hall–Kier alpha value is -3.02. The van der Waals surface area contributed by atoms with Gasteiger partial charge in [0.1, 0.15) is 0 Å². The Labute approximate surface area is 113 Å². The van der Waals surface area contributed by atoms with Crippen LogP contribution in [0.15, 0.2) is 42.7 Å². The van der Waals surface area contributed by atoms with Gasteiger partial charge in [0.25, 0.3) is 5.69 Å². The zero-order valence-corrected chi connectivity index (χ0v) is 10.2. The highest BCUT2D eigenvalue weighted by atomic mass is 16.6. The van der Waals surface area contributed by atoms with E-state index < -0.39 is 4.92 Å². The van der Waals surface area contributed by atoms with E-state index in [-0.39, 0.29) is 5.69 Å². The van der Waals surface area contributed by atoms with E-state index in [1.165, 1.54) is 12.1 Å². The number of hydrogen-bond acceptors (Lipinski definition) is 4. The number of fused-ring (bicyclic) bond motifs is 1. The second-order valence-electron chi connectivity index (χ2n) is 4.26. The zero-order chi connectivity index (χ0) is 14.1. The molecular formula is C14H9N3O3. The second kappa shape index (κ2) is 4.58. The number of non-ortho nitro benzene ring substituents is 1. The number of pyridine rings is 1. The SMILES string of the molecule is O=Cc1c(-c2cccnc2)[nH]c2ccc([N+](=O)[O-])cc12. The predicted molar refractivity (Wildman–Crippen MR) is 73.6 cm³/mol. The maximum atomic E-state index is 11.3. The Bertz CT molecular complexity index is 809. The molecule has 0 spiro atoms. The van der Waals surface area contributed by atoms with E-state index in [0.717, 1.165) is 5.56 Å². The van der Waals surface area contributed by atoms with Crippen LogP contribution in [0.1, 0.15) is 10.4 Å². The number of carbonyl (C=O) groups is 1. The first kappa shape index (κ1) is 12.0. The number of nitro benzene ring substituents is 1. The predicted octanol–water partition coefficient (Wildman–Crippen LogP) is 2.95. The molecule has 3 aromatic rings. The molecule has 0 aliphatic rings. The lowest BCUT2D eigenvalue weighted by molar-refractivity contribution is -0.384. The average molecular weight is 267 g/mol. The molecule has 20 heavy (non-hydrogen) atoms. The fraction of sp³-hybridized carbons (Fsp3) is 0.